The molecule has 21 heavy (non-hydrogen) atoms. The maximum atomic E-state index is 12.2. The zero-order chi connectivity index (χ0) is 15.0. The molecule has 116 valence electrons. The van der Waals surface area contributed by atoms with E-state index in [1.54, 1.807) is 16.2 Å². The third-order valence-corrected chi connectivity index (χ3v) is 4.68. The summed E-state index contributed by atoms with van der Waals surface area (Å²) >= 11 is 1.75. The Hall–Kier alpha value is -1.14. The number of nitrogens with zero attached hydrogens (tertiary/aromatic N) is 2. The summed E-state index contributed by atoms with van der Waals surface area (Å²) in [4.78, 5) is 18.7. The van der Waals surface area contributed by atoms with E-state index >= 15 is 0 Å². The largest absolute Gasteiger partial charge is 0.444 e. The van der Waals surface area contributed by atoms with Crippen molar-refractivity contribution in [2.24, 2.45) is 0 Å². The van der Waals surface area contributed by atoms with Gasteiger partial charge in [0.25, 0.3) is 0 Å². The predicted molar refractivity (Wildman–Crippen MR) is 82.6 cm³/mol. The Balaban J connectivity index is 1.63. The fourth-order valence-electron chi connectivity index (χ4n) is 2.42. The topological polar surface area (TPSA) is 54.5 Å². The van der Waals surface area contributed by atoms with E-state index in [-0.39, 0.29) is 12.1 Å². The summed E-state index contributed by atoms with van der Waals surface area (Å²) in [6.07, 6.45) is 2.32. The number of amides is 1. The summed E-state index contributed by atoms with van der Waals surface area (Å²) in [5.41, 5.74) is 0.618. The summed E-state index contributed by atoms with van der Waals surface area (Å²) in [5.74, 6) is 0.689. The molecule has 5 nitrogen and oxygen atoms in total. The number of carbonyl (C=O) groups excluding carboxylic acids is 1. The Morgan fingerprint density at radius 2 is 2.24 bits per heavy atom. The van der Waals surface area contributed by atoms with Crippen LogP contribution in [0.4, 0.5) is 4.79 Å². The number of carbonyl (C=O) groups is 1. The van der Waals surface area contributed by atoms with Crippen molar-refractivity contribution in [2.75, 3.05) is 19.6 Å². The standard InChI is InChI=1S/C15H23N3O2S/c1-15(2,3)20-14(19)18-7-6-16-11(8-18)12-9-21-13(17-12)10-4-5-10/h9-11,16H,4-8H2,1-3H3. The smallest absolute Gasteiger partial charge is 0.410 e. The van der Waals surface area contributed by atoms with Gasteiger partial charge in [0.05, 0.1) is 16.7 Å². The number of hydrogen-bond acceptors (Lipinski definition) is 5. The molecule has 1 aromatic rings. The van der Waals surface area contributed by atoms with Crippen LogP contribution in [-0.4, -0.2) is 41.2 Å². The van der Waals surface area contributed by atoms with Crippen molar-refractivity contribution in [2.45, 2.75) is 51.2 Å². The van der Waals surface area contributed by atoms with Crippen LogP contribution in [0.1, 0.15) is 56.3 Å². The summed E-state index contributed by atoms with van der Waals surface area (Å²) in [6.45, 7) is 7.78. The number of aromatic nitrogens is 1. The third-order valence-electron chi connectivity index (χ3n) is 3.65. The molecule has 2 fully saturated rings. The van der Waals surface area contributed by atoms with Crippen LogP contribution in [0.25, 0.3) is 0 Å². The van der Waals surface area contributed by atoms with E-state index in [0.717, 1.165) is 12.2 Å². The van der Waals surface area contributed by atoms with Crippen LogP contribution >= 0.6 is 11.3 Å². The second-order valence-corrected chi connectivity index (χ2v) is 7.71. The van der Waals surface area contributed by atoms with Gasteiger partial charge in [-0.25, -0.2) is 9.78 Å². The second-order valence-electron chi connectivity index (χ2n) is 6.82. The third kappa shape index (κ3) is 3.74. The lowest BCUT2D eigenvalue weighted by atomic mass is 10.1. The van der Waals surface area contributed by atoms with Gasteiger partial charge in [0.1, 0.15) is 5.60 Å². The molecule has 2 heterocycles. The van der Waals surface area contributed by atoms with Gasteiger partial charge in [0, 0.05) is 30.9 Å². The minimum Gasteiger partial charge on any atom is -0.444 e. The highest BCUT2D eigenvalue weighted by Gasteiger charge is 2.31. The SMILES string of the molecule is CC(C)(C)OC(=O)N1CCNC(c2csc(C3CC3)n2)C1. The number of ether oxygens (including phenoxy) is 1. The van der Waals surface area contributed by atoms with Crippen LogP contribution in [-0.2, 0) is 4.74 Å². The molecule has 1 aliphatic carbocycles. The first-order chi connectivity index (χ1) is 9.92. The van der Waals surface area contributed by atoms with Crippen LogP contribution < -0.4 is 5.32 Å². The monoisotopic (exact) mass is 309 g/mol. The van der Waals surface area contributed by atoms with Gasteiger partial charge in [-0.15, -0.1) is 11.3 Å². The number of rotatable bonds is 2. The van der Waals surface area contributed by atoms with Gasteiger partial charge >= 0.3 is 6.09 Å². The molecule has 1 saturated heterocycles. The maximum Gasteiger partial charge on any atom is 0.410 e. The maximum absolute atomic E-state index is 12.2. The molecule has 0 spiro atoms. The molecule has 2 aliphatic rings. The molecule has 1 aromatic heterocycles. The van der Waals surface area contributed by atoms with Crippen molar-refractivity contribution in [1.82, 2.24) is 15.2 Å². The quantitative estimate of drug-likeness (QED) is 0.912. The van der Waals surface area contributed by atoms with Gasteiger partial charge in [-0.2, -0.15) is 0 Å². The van der Waals surface area contributed by atoms with E-state index in [9.17, 15) is 4.79 Å². The minimum absolute atomic E-state index is 0.120. The van der Waals surface area contributed by atoms with Crippen molar-refractivity contribution in [3.63, 3.8) is 0 Å². The Bertz CT molecular complexity index is 519. The highest BCUT2D eigenvalue weighted by Crippen LogP contribution is 2.42. The Morgan fingerprint density at radius 1 is 1.48 bits per heavy atom. The van der Waals surface area contributed by atoms with Crippen molar-refractivity contribution in [3.05, 3.63) is 16.1 Å². The number of piperazine rings is 1. The first kappa shape index (κ1) is 14.8. The number of nitrogens with one attached hydrogen (secondary N) is 1. The highest BCUT2D eigenvalue weighted by atomic mass is 32.1. The van der Waals surface area contributed by atoms with Crippen molar-refractivity contribution < 1.29 is 9.53 Å². The van der Waals surface area contributed by atoms with E-state index in [1.165, 1.54) is 17.8 Å². The molecule has 3 rings (SSSR count). The van der Waals surface area contributed by atoms with Gasteiger partial charge in [-0.3, -0.25) is 0 Å². The number of thiazole rings is 1. The summed E-state index contributed by atoms with van der Waals surface area (Å²) < 4.78 is 5.46. The molecule has 1 aliphatic heterocycles. The normalized spacial score (nSPS) is 23.2. The molecule has 6 heteroatoms. The van der Waals surface area contributed by atoms with E-state index in [0.29, 0.717) is 19.0 Å². The van der Waals surface area contributed by atoms with E-state index in [1.807, 2.05) is 20.8 Å². The first-order valence-corrected chi connectivity index (χ1v) is 8.47. The van der Waals surface area contributed by atoms with Gasteiger partial charge in [0.15, 0.2) is 0 Å². The molecule has 0 bridgehead atoms. The second kappa shape index (κ2) is 5.57. The summed E-state index contributed by atoms with van der Waals surface area (Å²) in [5, 5.41) is 6.83. The van der Waals surface area contributed by atoms with Gasteiger partial charge in [-0.05, 0) is 33.6 Å². The molecule has 1 amide bonds. The molecular weight excluding hydrogens is 286 g/mol. The van der Waals surface area contributed by atoms with E-state index < -0.39 is 5.60 Å². The summed E-state index contributed by atoms with van der Waals surface area (Å²) in [7, 11) is 0. The highest BCUT2D eigenvalue weighted by molar-refractivity contribution is 7.09. The molecule has 0 radical (unpaired) electrons. The average molecular weight is 309 g/mol. The lowest BCUT2D eigenvalue weighted by Gasteiger charge is -2.34. The van der Waals surface area contributed by atoms with Gasteiger partial charge in [-0.1, -0.05) is 0 Å². The zero-order valence-corrected chi connectivity index (χ0v) is 13.7. The molecule has 1 saturated carbocycles. The van der Waals surface area contributed by atoms with Crippen LogP contribution in [0.5, 0.6) is 0 Å². The van der Waals surface area contributed by atoms with Crippen molar-refractivity contribution in [3.8, 4) is 0 Å². The number of hydrogen-bond donors (Lipinski definition) is 1. The Labute approximate surface area is 129 Å². The molecule has 1 N–H and O–H groups in total. The zero-order valence-electron chi connectivity index (χ0n) is 12.9. The van der Waals surface area contributed by atoms with Crippen LogP contribution in [0.2, 0.25) is 0 Å². The average Bonchev–Trinajstić information content (AvgIpc) is 3.15. The van der Waals surface area contributed by atoms with Gasteiger partial charge < -0.3 is 15.0 Å². The molecule has 0 aromatic carbocycles. The van der Waals surface area contributed by atoms with E-state index in [2.05, 4.69) is 10.7 Å². The van der Waals surface area contributed by atoms with Crippen molar-refractivity contribution >= 4 is 17.4 Å². The Kier molecular flexibility index (Phi) is 3.92. The molecular formula is C15H23N3O2S. The lowest BCUT2D eigenvalue weighted by molar-refractivity contribution is 0.0194. The summed E-state index contributed by atoms with van der Waals surface area (Å²) in [6, 6.07) is 0.120. The van der Waals surface area contributed by atoms with E-state index in [4.69, 9.17) is 9.72 Å². The fourth-order valence-corrected chi connectivity index (χ4v) is 3.46. The first-order valence-electron chi connectivity index (χ1n) is 7.59. The van der Waals surface area contributed by atoms with Crippen LogP contribution in [0.15, 0.2) is 5.38 Å². The predicted octanol–water partition coefficient (Wildman–Crippen LogP) is 2.90. The molecule has 1 unspecified atom stereocenters. The lowest BCUT2D eigenvalue weighted by Crippen LogP contribution is -2.49. The fraction of sp³-hybridized carbons (Fsp3) is 0.733. The van der Waals surface area contributed by atoms with Gasteiger partial charge in [0.2, 0.25) is 0 Å². The minimum atomic E-state index is -0.447. The van der Waals surface area contributed by atoms with Crippen molar-refractivity contribution in [1.29, 1.82) is 0 Å². The Morgan fingerprint density at radius 3 is 2.90 bits per heavy atom. The van der Waals surface area contributed by atoms with Crippen LogP contribution in [0.3, 0.4) is 0 Å². The molecule has 1 atom stereocenters. The van der Waals surface area contributed by atoms with Crippen LogP contribution in [0, 0.1) is 0 Å².